The summed E-state index contributed by atoms with van der Waals surface area (Å²) < 4.78 is 1.43. The first kappa shape index (κ1) is 20.6. The van der Waals surface area contributed by atoms with Gasteiger partial charge in [-0.2, -0.15) is 0 Å². The molecule has 1 aliphatic carbocycles. The third kappa shape index (κ3) is 4.15. The number of halogens is 3. The summed E-state index contributed by atoms with van der Waals surface area (Å²) in [5.74, 6) is 0. The van der Waals surface area contributed by atoms with Crippen LogP contribution in [0.25, 0.3) is 0 Å². The predicted octanol–water partition coefficient (Wildman–Crippen LogP) is -5.26. The largest absolute Gasteiger partial charge is 1.00 e. The quantitative estimate of drug-likeness (QED) is 0.473. The van der Waals surface area contributed by atoms with Crippen LogP contribution in [-0.2, 0) is 25.9 Å². The molecule has 0 saturated carbocycles. The second kappa shape index (κ2) is 8.45. The molecule has 1 aromatic carbocycles. The molecule has 0 bridgehead atoms. The Kier molecular flexibility index (Phi) is 9.67. The van der Waals surface area contributed by atoms with Gasteiger partial charge in [0.1, 0.15) is 0 Å². The van der Waals surface area contributed by atoms with Gasteiger partial charge < -0.3 is 37.2 Å². The van der Waals surface area contributed by atoms with Crippen LogP contribution in [0.1, 0.15) is 25.8 Å². The van der Waals surface area contributed by atoms with Crippen LogP contribution in [0.5, 0.6) is 0 Å². The second-order valence-electron chi connectivity index (χ2n) is 4.49. The zero-order chi connectivity index (χ0) is 10.9. The molecule has 2 rings (SSSR count). The summed E-state index contributed by atoms with van der Waals surface area (Å²) >= 11 is 2.21. The maximum Gasteiger partial charge on any atom is -1.00 e. The Hall–Kier alpha value is 0.284. The molecule has 0 radical (unpaired) electrons. The summed E-state index contributed by atoms with van der Waals surface area (Å²) in [5.41, 5.74) is 3.12. The van der Waals surface area contributed by atoms with Crippen LogP contribution in [0, 0.1) is 0 Å². The van der Waals surface area contributed by atoms with Gasteiger partial charge >= 0.3 is 104 Å². The molecule has 96 valence electrons. The zero-order valence-electron chi connectivity index (χ0n) is 10.4. The molecule has 0 aromatic heterocycles. The topological polar surface area (TPSA) is 0 Å². The van der Waals surface area contributed by atoms with Gasteiger partial charge in [-0.25, -0.2) is 0 Å². The van der Waals surface area contributed by atoms with Crippen molar-refractivity contribution in [1.29, 1.82) is 0 Å². The molecule has 0 fully saturated rings. The molecule has 0 saturated heterocycles. The average molecular weight is 338 g/mol. The van der Waals surface area contributed by atoms with E-state index < -0.39 is 0 Å². The minimum absolute atomic E-state index is 0. The summed E-state index contributed by atoms with van der Waals surface area (Å²) in [6.07, 6.45) is 5.60. The normalized spacial score (nSPS) is 13.6. The predicted molar refractivity (Wildman–Crippen MR) is 60.3 cm³/mol. The molecule has 0 unspecified atom stereocenters. The molecule has 0 spiro atoms. The van der Waals surface area contributed by atoms with E-state index in [1.54, 1.807) is 5.57 Å². The first-order valence-electron chi connectivity index (χ1n) is 5.29. The van der Waals surface area contributed by atoms with Gasteiger partial charge in [0, 0.05) is 0 Å². The van der Waals surface area contributed by atoms with Crippen molar-refractivity contribution in [2.75, 3.05) is 0 Å². The molecule has 0 amide bonds. The molecule has 0 aliphatic heterocycles. The number of allylic oxidation sites excluding steroid dienone is 4. The van der Waals surface area contributed by atoms with E-state index in [0.29, 0.717) is 0 Å². The van der Waals surface area contributed by atoms with Gasteiger partial charge in [0.05, 0.1) is 0 Å². The summed E-state index contributed by atoms with van der Waals surface area (Å²) in [5, 5.41) is 0. The van der Waals surface area contributed by atoms with Crippen LogP contribution >= 0.6 is 0 Å². The molecule has 0 N–H and O–H groups in total. The van der Waals surface area contributed by atoms with E-state index in [4.69, 9.17) is 0 Å². The number of rotatable bonds is 2. The molecule has 0 nitrogen and oxygen atoms in total. The molecular formula is C14H15Cl3Ti. The van der Waals surface area contributed by atoms with Gasteiger partial charge in [0.15, 0.2) is 0 Å². The van der Waals surface area contributed by atoms with Gasteiger partial charge in [-0.1, -0.05) is 0 Å². The van der Waals surface area contributed by atoms with Gasteiger partial charge in [-0.15, -0.1) is 0 Å². The van der Waals surface area contributed by atoms with Crippen LogP contribution < -0.4 is 37.2 Å². The number of benzene rings is 1. The Balaban J connectivity index is 0. The van der Waals surface area contributed by atoms with Crippen LogP contribution in [0.3, 0.4) is 0 Å². The summed E-state index contributed by atoms with van der Waals surface area (Å²) in [7, 11) is 0. The first-order valence-corrected chi connectivity index (χ1v) is 6.08. The van der Waals surface area contributed by atoms with Gasteiger partial charge in [-0.05, 0) is 0 Å². The summed E-state index contributed by atoms with van der Waals surface area (Å²) in [6.45, 7) is 4.63. The van der Waals surface area contributed by atoms with Crippen molar-refractivity contribution in [3.05, 3.63) is 57.5 Å². The molecule has 0 heterocycles. The average Bonchev–Trinajstić information content (AvgIpc) is 2.66. The van der Waals surface area contributed by atoms with E-state index in [1.165, 1.54) is 9.44 Å². The SMILES string of the molecule is CC(C)(C1=[C]([Ti+3])C=CC1)c1ccccc1.[Cl-].[Cl-].[Cl-]. The minimum atomic E-state index is 0. The molecule has 18 heavy (non-hydrogen) atoms. The van der Waals surface area contributed by atoms with Crippen LogP contribution in [0.4, 0.5) is 0 Å². The fourth-order valence-corrected chi connectivity index (χ4v) is 2.96. The number of hydrogen-bond donors (Lipinski definition) is 0. The van der Waals surface area contributed by atoms with Crippen LogP contribution in [0.15, 0.2) is 51.9 Å². The van der Waals surface area contributed by atoms with E-state index in [9.17, 15) is 0 Å². The number of hydrogen-bond acceptors (Lipinski definition) is 0. The van der Waals surface area contributed by atoms with Gasteiger partial charge in [-0.3, -0.25) is 0 Å². The molecule has 1 aromatic rings. The van der Waals surface area contributed by atoms with E-state index in [0.717, 1.165) is 6.42 Å². The first-order chi connectivity index (χ1) is 7.12. The summed E-state index contributed by atoms with van der Waals surface area (Å²) in [6, 6.07) is 10.8. The fourth-order valence-electron chi connectivity index (χ4n) is 2.13. The molecule has 1 aliphatic rings. The molecular weight excluding hydrogens is 322 g/mol. The van der Waals surface area contributed by atoms with E-state index in [-0.39, 0.29) is 42.6 Å². The third-order valence-electron chi connectivity index (χ3n) is 3.18. The monoisotopic (exact) mass is 336 g/mol. The van der Waals surface area contributed by atoms with Crippen molar-refractivity contribution in [2.45, 2.75) is 25.7 Å². The zero-order valence-corrected chi connectivity index (χ0v) is 14.2. The Morgan fingerprint density at radius 1 is 1.00 bits per heavy atom. The van der Waals surface area contributed by atoms with Crippen LogP contribution in [-0.4, -0.2) is 0 Å². The van der Waals surface area contributed by atoms with Crippen molar-refractivity contribution >= 4 is 0 Å². The second-order valence-corrected chi connectivity index (χ2v) is 5.33. The standard InChI is InChI=1S/C14H15.3ClH.Ti/c1-14(2,13-10-6-7-11-13)12-8-4-3-5-9-12;;;;/h3-9H,10H2,1-2H3;3*1H;/q;;;;+3/p-3. The minimum Gasteiger partial charge on any atom is -1.00 e. The Bertz CT molecular complexity index is 422. The molecule has 4 heteroatoms. The van der Waals surface area contributed by atoms with Crippen molar-refractivity contribution in [1.82, 2.24) is 0 Å². The van der Waals surface area contributed by atoms with Crippen molar-refractivity contribution in [2.24, 2.45) is 0 Å². The molecule has 0 atom stereocenters. The van der Waals surface area contributed by atoms with Crippen molar-refractivity contribution < 1.29 is 57.7 Å². The van der Waals surface area contributed by atoms with Gasteiger partial charge in [0.25, 0.3) is 0 Å². The van der Waals surface area contributed by atoms with Crippen LogP contribution in [0.2, 0.25) is 0 Å². The maximum absolute atomic E-state index is 2.31. The third-order valence-corrected chi connectivity index (χ3v) is 3.91. The van der Waals surface area contributed by atoms with Crippen molar-refractivity contribution in [3.8, 4) is 0 Å². The van der Waals surface area contributed by atoms with Gasteiger partial charge in [0.2, 0.25) is 0 Å². The summed E-state index contributed by atoms with van der Waals surface area (Å²) in [4.78, 5) is 0. The maximum atomic E-state index is 2.31. The van der Waals surface area contributed by atoms with E-state index in [1.807, 2.05) is 0 Å². The smallest absolute Gasteiger partial charge is 1.00 e. The Morgan fingerprint density at radius 2 is 1.56 bits per heavy atom. The van der Waals surface area contributed by atoms with E-state index in [2.05, 4.69) is 76.8 Å². The Morgan fingerprint density at radius 3 is 2.00 bits per heavy atom. The van der Waals surface area contributed by atoms with E-state index >= 15 is 0 Å². The Labute approximate surface area is 140 Å². The fraction of sp³-hybridized carbons (Fsp3) is 0.286. The van der Waals surface area contributed by atoms with Crippen molar-refractivity contribution in [3.63, 3.8) is 0 Å².